The lowest BCUT2D eigenvalue weighted by Gasteiger charge is -2.33. The van der Waals surface area contributed by atoms with Gasteiger partial charge >= 0.3 is 0 Å². The van der Waals surface area contributed by atoms with Gasteiger partial charge in [0.1, 0.15) is 17.3 Å². The summed E-state index contributed by atoms with van der Waals surface area (Å²) >= 11 is 0. The predicted molar refractivity (Wildman–Crippen MR) is 128 cm³/mol. The summed E-state index contributed by atoms with van der Waals surface area (Å²) in [6.07, 6.45) is 0. The first-order valence-corrected chi connectivity index (χ1v) is 10.1. The second-order valence-corrected chi connectivity index (χ2v) is 7.44. The van der Waals surface area contributed by atoms with Gasteiger partial charge in [-0.05, 0) is 50.1 Å². The van der Waals surface area contributed by atoms with Crippen LogP contribution in [0.15, 0.2) is 39.7 Å². The number of aliphatic imine (C=N–C) groups is 1. The Kier molecular flexibility index (Phi) is 9.57. The van der Waals surface area contributed by atoms with Crippen LogP contribution in [0.5, 0.6) is 0 Å². The number of hydrogen-bond donors (Lipinski definition) is 2. The van der Waals surface area contributed by atoms with Gasteiger partial charge in [-0.25, -0.2) is 4.39 Å². The average molecular weight is 530 g/mol. The molecule has 30 heavy (non-hydrogen) atoms. The molecule has 1 saturated heterocycles. The summed E-state index contributed by atoms with van der Waals surface area (Å²) in [5.41, 5.74) is 1.52. The topological polar surface area (TPSA) is 62.0 Å². The lowest BCUT2D eigenvalue weighted by atomic mass is 10.1. The molecule has 6 nitrogen and oxygen atoms in total. The number of aryl methyl sites for hydroxylation is 2. The molecular formula is C22H32FIN4O2. The van der Waals surface area contributed by atoms with E-state index in [1.807, 2.05) is 32.0 Å². The number of ether oxygens (including phenoxy) is 1. The van der Waals surface area contributed by atoms with E-state index >= 15 is 0 Å². The van der Waals surface area contributed by atoms with Gasteiger partial charge in [0.05, 0.1) is 25.3 Å². The average Bonchev–Trinajstić information content (AvgIpc) is 3.16. The molecular weight excluding hydrogens is 498 g/mol. The van der Waals surface area contributed by atoms with Crippen molar-refractivity contribution in [3.63, 3.8) is 0 Å². The monoisotopic (exact) mass is 530 g/mol. The first-order valence-electron chi connectivity index (χ1n) is 10.1. The smallest absolute Gasteiger partial charge is 0.191 e. The first kappa shape index (κ1) is 24.6. The Morgan fingerprint density at radius 1 is 1.20 bits per heavy atom. The molecule has 0 radical (unpaired) electrons. The number of nitrogens with one attached hydrogen (secondary N) is 2. The highest BCUT2D eigenvalue weighted by atomic mass is 127. The maximum atomic E-state index is 13.9. The molecule has 0 spiro atoms. The van der Waals surface area contributed by atoms with E-state index in [0.29, 0.717) is 18.1 Å². The van der Waals surface area contributed by atoms with Crippen LogP contribution in [0.4, 0.5) is 4.39 Å². The van der Waals surface area contributed by atoms with Gasteiger partial charge in [-0.2, -0.15) is 0 Å². The molecule has 8 heteroatoms. The Labute approximate surface area is 195 Å². The molecule has 1 aliphatic heterocycles. The van der Waals surface area contributed by atoms with Crippen molar-refractivity contribution in [2.24, 2.45) is 4.99 Å². The summed E-state index contributed by atoms with van der Waals surface area (Å²) in [5.74, 6) is 2.30. The Bertz CT molecular complexity index is 836. The molecule has 2 atom stereocenters. The third kappa shape index (κ3) is 6.42. The van der Waals surface area contributed by atoms with Crippen LogP contribution in [0.3, 0.4) is 0 Å². The number of furan rings is 1. The van der Waals surface area contributed by atoms with Crippen LogP contribution in [0, 0.1) is 19.7 Å². The Morgan fingerprint density at radius 2 is 1.93 bits per heavy atom. The van der Waals surface area contributed by atoms with Gasteiger partial charge in [-0.15, -0.1) is 24.0 Å². The summed E-state index contributed by atoms with van der Waals surface area (Å²) in [6.45, 7) is 9.51. The predicted octanol–water partition coefficient (Wildman–Crippen LogP) is 3.95. The summed E-state index contributed by atoms with van der Waals surface area (Å²) in [7, 11) is 1.73. The van der Waals surface area contributed by atoms with Gasteiger partial charge in [0, 0.05) is 26.7 Å². The molecule has 2 heterocycles. The molecule has 1 aliphatic rings. The van der Waals surface area contributed by atoms with E-state index in [1.54, 1.807) is 26.1 Å². The normalized spacial score (nSPS) is 17.2. The van der Waals surface area contributed by atoms with Crippen LogP contribution >= 0.6 is 24.0 Å². The molecule has 2 aromatic rings. The second kappa shape index (κ2) is 11.7. The largest absolute Gasteiger partial charge is 0.465 e. The van der Waals surface area contributed by atoms with Crippen LogP contribution in [0.25, 0.3) is 0 Å². The molecule has 1 aromatic heterocycles. The molecule has 0 aliphatic carbocycles. The van der Waals surface area contributed by atoms with Crippen LogP contribution in [0.2, 0.25) is 0 Å². The molecule has 166 valence electrons. The number of hydrogen-bond acceptors (Lipinski definition) is 4. The molecule has 1 fully saturated rings. The molecule has 1 aromatic carbocycles. The second-order valence-electron chi connectivity index (χ2n) is 7.44. The Hall–Kier alpha value is -1.65. The Balaban J connectivity index is 0.00000320. The minimum atomic E-state index is -0.195. The fourth-order valence-corrected chi connectivity index (χ4v) is 3.49. The van der Waals surface area contributed by atoms with Crippen LogP contribution in [0.1, 0.15) is 41.7 Å². The van der Waals surface area contributed by atoms with Gasteiger partial charge in [0.15, 0.2) is 5.96 Å². The molecule has 0 bridgehead atoms. The van der Waals surface area contributed by atoms with Gasteiger partial charge in [-0.3, -0.25) is 9.89 Å². The standard InChI is InChI=1S/C22H31FN4O2.HI/c1-15-5-7-18(13-19(15)23)17(3)26-22(24-4)25-14-20(21-8-6-16(2)29-21)27-9-11-28-12-10-27;/h5-8,13,17,20H,9-12,14H2,1-4H3,(H2,24,25,26);1H. The highest BCUT2D eigenvalue weighted by Crippen LogP contribution is 2.23. The lowest BCUT2D eigenvalue weighted by Crippen LogP contribution is -2.46. The molecule has 2 unspecified atom stereocenters. The Morgan fingerprint density at radius 3 is 2.53 bits per heavy atom. The van der Waals surface area contributed by atoms with Crippen LogP contribution in [-0.4, -0.2) is 50.8 Å². The maximum absolute atomic E-state index is 13.9. The van der Waals surface area contributed by atoms with E-state index < -0.39 is 0 Å². The fourth-order valence-electron chi connectivity index (χ4n) is 3.49. The van der Waals surface area contributed by atoms with Crippen molar-refractivity contribution in [2.75, 3.05) is 39.9 Å². The van der Waals surface area contributed by atoms with Gasteiger partial charge in [0.2, 0.25) is 0 Å². The minimum Gasteiger partial charge on any atom is -0.465 e. The van der Waals surface area contributed by atoms with Crippen molar-refractivity contribution < 1.29 is 13.5 Å². The van der Waals surface area contributed by atoms with Crippen LogP contribution < -0.4 is 10.6 Å². The summed E-state index contributed by atoms with van der Waals surface area (Å²) in [5, 5.41) is 6.75. The zero-order valence-corrected chi connectivity index (χ0v) is 20.4. The quantitative estimate of drug-likeness (QED) is 0.337. The number of nitrogens with zero attached hydrogens (tertiary/aromatic N) is 2. The number of benzene rings is 1. The van der Waals surface area contributed by atoms with E-state index in [4.69, 9.17) is 9.15 Å². The van der Waals surface area contributed by atoms with Crippen molar-refractivity contribution in [1.82, 2.24) is 15.5 Å². The summed E-state index contributed by atoms with van der Waals surface area (Å²) in [4.78, 5) is 6.70. The lowest BCUT2D eigenvalue weighted by molar-refractivity contribution is 0.0124. The van der Waals surface area contributed by atoms with Gasteiger partial charge in [-0.1, -0.05) is 12.1 Å². The summed E-state index contributed by atoms with van der Waals surface area (Å²) in [6, 6.07) is 9.33. The maximum Gasteiger partial charge on any atom is 0.191 e. The minimum absolute atomic E-state index is 0. The van der Waals surface area contributed by atoms with Crippen molar-refractivity contribution in [1.29, 1.82) is 0 Å². The molecule has 2 N–H and O–H groups in total. The van der Waals surface area contributed by atoms with Gasteiger partial charge < -0.3 is 19.8 Å². The third-order valence-electron chi connectivity index (χ3n) is 5.31. The van der Waals surface area contributed by atoms with Crippen LogP contribution in [-0.2, 0) is 4.74 Å². The first-order chi connectivity index (χ1) is 14.0. The van der Waals surface area contributed by atoms with E-state index in [9.17, 15) is 4.39 Å². The number of guanidine groups is 1. The summed E-state index contributed by atoms with van der Waals surface area (Å²) < 4.78 is 25.3. The number of morpholine rings is 1. The zero-order chi connectivity index (χ0) is 20.8. The number of halogens is 2. The van der Waals surface area contributed by atoms with Crippen molar-refractivity contribution in [2.45, 2.75) is 32.9 Å². The molecule has 3 rings (SSSR count). The van der Waals surface area contributed by atoms with E-state index in [1.165, 1.54) is 0 Å². The van der Waals surface area contributed by atoms with Gasteiger partial charge in [0.25, 0.3) is 0 Å². The highest BCUT2D eigenvalue weighted by Gasteiger charge is 2.25. The molecule has 0 amide bonds. The van der Waals surface area contributed by atoms with Crippen molar-refractivity contribution in [3.05, 3.63) is 58.8 Å². The van der Waals surface area contributed by atoms with Crippen molar-refractivity contribution >= 4 is 29.9 Å². The van der Waals surface area contributed by atoms with Crippen molar-refractivity contribution in [3.8, 4) is 0 Å². The van der Waals surface area contributed by atoms with E-state index in [2.05, 4.69) is 20.5 Å². The zero-order valence-electron chi connectivity index (χ0n) is 18.1. The highest BCUT2D eigenvalue weighted by molar-refractivity contribution is 14.0. The SMILES string of the molecule is CN=C(NCC(c1ccc(C)o1)N1CCOCC1)NC(C)c1ccc(C)c(F)c1.I. The molecule has 0 saturated carbocycles. The number of rotatable bonds is 6. The fraction of sp³-hybridized carbons (Fsp3) is 0.500. The van der Waals surface area contributed by atoms with E-state index in [-0.39, 0.29) is 41.9 Å². The third-order valence-corrected chi connectivity index (χ3v) is 5.31. The van der Waals surface area contributed by atoms with E-state index in [0.717, 1.165) is 43.4 Å².